The van der Waals surface area contributed by atoms with Crippen molar-refractivity contribution in [3.63, 3.8) is 0 Å². The number of ether oxygens (including phenoxy) is 1. The highest BCUT2D eigenvalue weighted by Crippen LogP contribution is 2.45. The Bertz CT molecular complexity index is 600. The van der Waals surface area contributed by atoms with Crippen LogP contribution in [0, 0.1) is 35.2 Å². The molecule has 146 valence electrons. The van der Waals surface area contributed by atoms with Crippen molar-refractivity contribution in [2.45, 2.75) is 77.0 Å². The normalized spacial score (nSPS) is 29.6. The third-order valence-electron chi connectivity index (χ3n) is 6.82. The molecule has 0 N–H and O–H groups in total. The minimum Gasteiger partial charge on any atom is -0.493 e. The van der Waals surface area contributed by atoms with Crippen LogP contribution in [0.15, 0.2) is 6.07 Å². The minimum atomic E-state index is -1.07. The van der Waals surface area contributed by atoms with Crippen LogP contribution < -0.4 is 4.74 Å². The molecule has 2 aliphatic rings. The summed E-state index contributed by atoms with van der Waals surface area (Å²) < 4.78 is 47.4. The lowest BCUT2D eigenvalue weighted by Gasteiger charge is -2.38. The number of rotatable bonds is 5. The quantitative estimate of drug-likeness (QED) is 0.509. The molecular formula is C22H31F3O. The first-order chi connectivity index (χ1) is 12.5. The van der Waals surface area contributed by atoms with Gasteiger partial charge in [0.1, 0.15) is 5.82 Å². The fourth-order valence-electron chi connectivity index (χ4n) is 5.35. The van der Waals surface area contributed by atoms with Gasteiger partial charge < -0.3 is 4.74 Å². The Balaban J connectivity index is 1.60. The van der Waals surface area contributed by atoms with Gasteiger partial charge in [0.15, 0.2) is 11.6 Å². The maximum absolute atomic E-state index is 14.4. The second-order valence-corrected chi connectivity index (χ2v) is 8.28. The average Bonchev–Trinajstić information content (AvgIpc) is 2.66. The number of methoxy groups -OCH3 is 1. The number of hydrogen-bond acceptors (Lipinski definition) is 1. The van der Waals surface area contributed by atoms with Crippen LogP contribution in [0.4, 0.5) is 13.2 Å². The van der Waals surface area contributed by atoms with Crippen molar-refractivity contribution < 1.29 is 17.9 Å². The molecule has 0 saturated heterocycles. The van der Waals surface area contributed by atoms with Gasteiger partial charge >= 0.3 is 0 Å². The molecule has 0 unspecified atom stereocenters. The van der Waals surface area contributed by atoms with Gasteiger partial charge in [-0.3, -0.25) is 0 Å². The molecule has 0 radical (unpaired) electrons. The molecule has 4 heteroatoms. The van der Waals surface area contributed by atoms with Gasteiger partial charge in [0, 0.05) is 11.6 Å². The maximum Gasteiger partial charge on any atom is 0.201 e. The summed E-state index contributed by atoms with van der Waals surface area (Å²) >= 11 is 0. The van der Waals surface area contributed by atoms with Crippen LogP contribution in [0.2, 0.25) is 0 Å². The van der Waals surface area contributed by atoms with Crippen LogP contribution in [0.5, 0.6) is 5.75 Å². The Hall–Kier alpha value is -1.19. The summed E-state index contributed by atoms with van der Waals surface area (Å²) in [5, 5.41) is 0. The number of hydrogen-bond donors (Lipinski definition) is 0. The fraction of sp³-hybridized carbons (Fsp3) is 0.727. The lowest BCUT2D eigenvalue weighted by atomic mass is 9.68. The average molecular weight is 368 g/mol. The van der Waals surface area contributed by atoms with Crippen LogP contribution in [0.25, 0.3) is 0 Å². The lowest BCUT2D eigenvalue weighted by Crippen LogP contribution is -2.26. The second-order valence-electron chi connectivity index (χ2n) is 8.28. The predicted molar refractivity (Wildman–Crippen MR) is 97.9 cm³/mol. The van der Waals surface area contributed by atoms with Crippen molar-refractivity contribution in [3.05, 3.63) is 29.1 Å². The number of halogens is 3. The molecule has 0 amide bonds. The Morgan fingerprint density at radius 2 is 1.46 bits per heavy atom. The molecule has 2 saturated carbocycles. The van der Waals surface area contributed by atoms with Crippen molar-refractivity contribution in [3.8, 4) is 5.75 Å². The summed E-state index contributed by atoms with van der Waals surface area (Å²) in [5.74, 6) is -1.05. The molecular weight excluding hydrogens is 337 g/mol. The topological polar surface area (TPSA) is 9.23 Å². The van der Waals surface area contributed by atoms with E-state index in [-0.39, 0.29) is 17.2 Å². The Labute approximate surface area is 155 Å². The van der Waals surface area contributed by atoms with Crippen LogP contribution in [0.1, 0.15) is 82.6 Å². The van der Waals surface area contributed by atoms with Gasteiger partial charge in [-0.25, -0.2) is 8.78 Å². The largest absolute Gasteiger partial charge is 0.493 e. The molecule has 2 aliphatic carbocycles. The first-order valence-corrected chi connectivity index (χ1v) is 10.3. The molecule has 0 heterocycles. The molecule has 0 aliphatic heterocycles. The van der Waals surface area contributed by atoms with Crippen LogP contribution in [-0.4, -0.2) is 7.11 Å². The zero-order chi connectivity index (χ0) is 18.7. The third kappa shape index (κ3) is 4.04. The summed E-state index contributed by atoms with van der Waals surface area (Å²) in [6.45, 7) is 2.26. The van der Waals surface area contributed by atoms with Crippen molar-refractivity contribution >= 4 is 0 Å². The summed E-state index contributed by atoms with van der Waals surface area (Å²) in [7, 11) is 1.22. The van der Waals surface area contributed by atoms with Crippen LogP contribution in [0.3, 0.4) is 0 Å². The van der Waals surface area contributed by atoms with Crippen LogP contribution in [-0.2, 0) is 0 Å². The van der Waals surface area contributed by atoms with Crippen molar-refractivity contribution in [1.82, 2.24) is 0 Å². The molecule has 26 heavy (non-hydrogen) atoms. The van der Waals surface area contributed by atoms with Gasteiger partial charge in [-0.1, -0.05) is 32.6 Å². The van der Waals surface area contributed by atoms with E-state index >= 15 is 0 Å². The monoisotopic (exact) mass is 368 g/mol. The van der Waals surface area contributed by atoms with Crippen LogP contribution >= 0.6 is 0 Å². The summed E-state index contributed by atoms with van der Waals surface area (Å²) in [6, 6.07) is 0.981. The predicted octanol–water partition coefficient (Wildman–Crippen LogP) is 6.99. The molecule has 1 nitrogen and oxygen atoms in total. The van der Waals surface area contributed by atoms with Crippen molar-refractivity contribution in [2.75, 3.05) is 7.11 Å². The van der Waals surface area contributed by atoms with E-state index < -0.39 is 17.5 Å². The Kier molecular flexibility index (Phi) is 6.52. The maximum atomic E-state index is 14.4. The van der Waals surface area contributed by atoms with Gasteiger partial charge in [-0.2, -0.15) is 4.39 Å². The minimum absolute atomic E-state index is 0.0756. The molecule has 0 aromatic heterocycles. The molecule has 0 spiro atoms. The molecule has 3 rings (SSSR count). The SMILES string of the molecule is CCC[C@H]1CC[C@H]([C@H]2CC[C@H](c3c(F)cc(OC)c(F)c3F)CC2)CC1. The van der Waals surface area contributed by atoms with Gasteiger partial charge in [0.2, 0.25) is 5.82 Å². The van der Waals surface area contributed by atoms with Gasteiger partial charge in [-0.15, -0.1) is 0 Å². The highest BCUT2D eigenvalue weighted by molar-refractivity contribution is 5.34. The van der Waals surface area contributed by atoms with E-state index in [0.717, 1.165) is 43.6 Å². The van der Waals surface area contributed by atoms with Crippen molar-refractivity contribution in [1.29, 1.82) is 0 Å². The summed E-state index contributed by atoms with van der Waals surface area (Å²) in [4.78, 5) is 0. The fourth-order valence-corrected chi connectivity index (χ4v) is 5.35. The third-order valence-corrected chi connectivity index (χ3v) is 6.82. The summed E-state index contributed by atoms with van der Waals surface area (Å²) in [6.07, 6.45) is 11.4. The van der Waals surface area contributed by atoms with E-state index in [0.29, 0.717) is 5.92 Å². The van der Waals surface area contributed by atoms with Gasteiger partial charge in [-0.05, 0) is 62.2 Å². The molecule has 1 aromatic carbocycles. The molecule has 2 fully saturated rings. The second kappa shape index (κ2) is 8.67. The van der Waals surface area contributed by atoms with E-state index in [2.05, 4.69) is 6.92 Å². The Morgan fingerprint density at radius 3 is 2.00 bits per heavy atom. The highest BCUT2D eigenvalue weighted by atomic mass is 19.2. The van der Waals surface area contributed by atoms with E-state index in [1.807, 2.05) is 0 Å². The first kappa shape index (κ1) is 19.6. The molecule has 0 atom stereocenters. The first-order valence-electron chi connectivity index (χ1n) is 10.3. The van der Waals surface area contributed by atoms with E-state index in [1.165, 1.54) is 45.6 Å². The molecule has 1 aromatic rings. The van der Waals surface area contributed by atoms with E-state index in [1.54, 1.807) is 0 Å². The van der Waals surface area contributed by atoms with Gasteiger partial charge in [0.25, 0.3) is 0 Å². The zero-order valence-corrected chi connectivity index (χ0v) is 16.0. The number of benzene rings is 1. The van der Waals surface area contributed by atoms with Crippen molar-refractivity contribution in [2.24, 2.45) is 17.8 Å². The standard InChI is InChI=1S/C22H31F3O/c1-3-4-14-5-7-15(8-6-14)16-9-11-17(12-10-16)20-18(23)13-19(26-2)21(24)22(20)25/h13-17H,3-12H2,1-2H3/t14-,15-,16-,17-. The molecule has 0 bridgehead atoms. The summed E-state index contributed by atoms with van der Waals surface area (Å²) in [5.41, 5.74) is -0.0756. The van der Waals surface area contributed by atoms with E-state index in [9.17, 15) is 13.2 Å². The van der Waals surface area contributed by atoms with Gasteiger partial charge in [0.05, 0.1) is 7.11 Å². The smallest absolute Gasteiger partial charge is 0.201 e. The lowest BCUT2D eigenvalue weighted by molar-refractivity contribution is 0.155. The van der Waals surface area contributed by atoms with E-state index in [4.69, 9.17) is 4.74 Å². The zero-order valence-electron chi connectivity index (χ0n) is 16.0. The highest BCUT2D eigenvalue weighted by Gasteiger charge is 2.34. The Morgan fingerprint density at radius 1 is 0.885 bits per heavy atom.